The van der Waals surface area contributed by atoms with Crippen molar-refractivity contribution < 1.29 is 9.59 Å². The summed E-state index contributed by atoms with van der Waals surface area (Å²) < 4.78 is 1.97. The van der Waals surface area contributed by atoms with E-state index in [9.17, 15) is 9.59 Å². The zero-order chi connectivity index (χ0) is 19.7. The highest BCUT2D eigenvalue weighted by molar-refractivity contribution is 8.00. The first kappa shape index (κ1) is 18.2. The molecule has 0 bridgehead atoms. The highest BCUT2D eigenvalue weighted by atomic mass is 32.2. The fourth-order valence-electron chi connectivity index (χ4n) is 3.02. The molecule has 0 unspecified atom stereocenters. The lowest BCUT2D eigenvalue weighted by Crippen LogP contribution is -2.42. The number of imide groups is 1. The van der Waals surface area contributed by atoms with Crippen molar-refractivity contribution in [2.24, 2.45) is 0 Å². The van der Waals surface area contributed by atoms with E-state index in [1.807, 2.05) is 52.9 Å². The molecule has 0 fully saturated rings. The van der Waals surface area contributed by atoms with E-state index in [4.69, 9.17) is 9.97 Å². The summed E-state index contributed by atoms with van der Waals surface area (Å²) in [6, 6.07) is 15.1. The second-order valence-corrected chi connectivity index (χ2v) is 7.59. The maximum atomic E-state index is 12.4. The van der Waals surface area contributed by atoms with Crippen LogP contribution in [0.1, 0.15) is 13.8 Å². The van der Waals surface area contributed by atoms with Gasteiger partial charge in [-0.15, -0.1) is 0 Å². The number of fused-ring (bicyclic) bond motifs is 5. The van der Waals surface area contributed by atoms with Gasteiger partial charge >= 0.3 is 6.03 Å². The van der Waals surface area contributed by atoms with Gasteiger partial charge in [0.25, 0.3) is 0 Å². The molecule has 4 rings (SSSR count). The first-order chi connectivity index (χ1) is 13.6. The predicted octanol–water partition coefficient (Wildman–Crippen LogP) is 3.36. The Hall–Kier alpha value is -3.13. The SMILES string of the molecule is CCNC(=O)NC(=O)[C@H](C)Sc1nc2ccccc2c2nc3ccccc3n12. The van der Waals surface area contributed by atoms with Crippen LogP contribution in [0.5, 0.6) is 0 Å². The number of aromatic nitrogens is 3. The maximum Gasteiger partial charge on any atom is 0.321 e. The van der Waals surface area contributed by atoms with Crippen LogP contribution in [0.3, 0.4) is 0 Å². The fourth-order valence-corrected chi connectivity index (χ4v) is 3.95. The van der Waals surface area contributed by atoms with E-state index in [2.05, 4.69) is 10.6 Å². The summed E-state index contributed by atoms with van der Waals surface area (Å²) in [6.07, 6.45) is 0. The summed E-state index contributed by atoms with van der Waals surface area (Å²) in [7, 11) is 0. The van der Waals surface area contributed by atoms with Crippen molar-refractivity contribution in [1.29, 1.82) is 0 Å². The van der Waals surface area contributed by atoms with Gasteiger partial charge in [0.2, 0.25) is 5.91 Å². The zero-order valence-electron chi connectivity index (χ0n) is 15.5. The number of rotatable bonds is 4. The van der Waals surface area contributed by atoms with Crippen molar-refractivity contribution in [2.45, 2.75) is 24.3 Å². The van der Waals surface area contributed by atoms with Gasteiger partial charge in [-0.25, -0.2) is 14.8 Å². The second kappa shape index (κ2) is 7.47. The second-order valence-electron chi connectivity index (χ2n) is 6.28. The average Bonchev–Trinajstić information content (AvgIpc) is 3.08. The number of carbonyl (C=O) groups excluding carboxylic acids is 2. The number of nitrogens with one attached hydrogen (secondary N) is 2. The minimum Gasteiger partial charge on any atom is -0.338 e. The van der Waals surface area contributed by atoms with Crippen LogP contribution >= 0.6 is 11.8 Å². The van der Waals surface area contributed by atoms with Crippen LogP contribution in [0.4, 0.5) is 4.79 Å². The Morgan fingerprint density at radius 2 is 1.79 bits per heavy atom. The molecule has 28 heavy (non-hydrogen) atoms. The summed E-state index contributed by atoms with van der Waals surface area (Å²) in [5.41, 5.74) is 3.39. The highest BCUT2D eigenvalue weighted by Crippen LogP contribution is 2.30. The topological polar surface area (TPSA) is 88.4 Å². The number of hydrogen-bond donors (Lipinski definition) is 2. The minimum atomic E-state index is -0.513. The van der Waals surface area contributed by atoms with Crippen LogP contribution in [0, 0.1) is 0 Å². The van der Waals surface area contributed by atoms with Gasteiger partial charge in [-0.3, -0.25) is 14.5 Å². The van der Waals surface area contributed by atoms with E-state index in [-0.39, 0.29) is 5.91 Å². The summed E-state index contributed by atoms with van der Waals surface area (Å²) in [4.78, 5) is 33.6. The lowest BCUT2D eigenvalue weighted by Gasteiger charge is -2.13. The molecule has 8 heteroatoms. The van der Waals surface area contributed by atoms with Gasteiger partial charge in [0.15, 0.2) is 5.16 Å². The maximum absolute atomic E-state index is 12.4. The van der Waals surface area contributed by atoms with Crippen LogP contribution in [-0.2, 0) is 4.79 Å². The van der Waals surface area contributed by atoms with E-state index in [0.717, 1.165) is 27.6 Å². The van der Waals surface area contributed by atoms with Crippen LogP contribution < -0.4 is 10.6 Å². The molecule has 0 saturated carbocycles. The van der Waals surface area contributed by atoms with E-state index in [0.29, 0.717) is 11.7 Å². The molecule has 0 radical (unpaired) electrons. The smallest absolute Gasteiger partial charge is 0.321 e. The van der Waals surface area contributed by atoms with Crippen LogP contribution in [0.2, 0.25) is 0 Å². The number of carbonyl (C=O) groups is 2. The third-order valence-electron chi connectivity index (χ3n) is 4.34. The molecule has 2 heterocycles. The molecule has 2 N–H and O–H groups in total. The van der Waals surface area contributed by atoms with Crippen LogP contribution in [0.25, 0.3) is 27.6 Å². The Kier molecular flexibility index (Phi) is 4.87. The third-order valence-corrected chi connectivity index (χ3v) is 5.39. The van der Waals surface area contributed by atoms with Gasteiger partial charge in [0.05, 0.1) is 21.8 Å². The predicted molar refractivity (Wildman–Crippen MR) is 111 cm³/mol. The summed E-state index contributed by atoms with van der Waals surface area (Å²) in [6.45, 7) is 4.00. The Bertz CT molecular complexity index is 1200. The van der Waals surface area contributed by atoms with E-state index in [1.54, 1.807) is 13.8 Å². The van der Waals surface area contributed by atoms with Gasteiger partial charge < -0.3 is 5.32 Å². The summed E-state index contributed by atoms with van der Waals surface area (Å²) in [5, 5.41) is 6.00. The average molecular weight is 393 g/mol. The van der Waals surface area contributed by atoms with Crippen molar-refractivity contribution >= 4 is 51.3 Å². The summed E-state index contributed by atoms with van der Waals surface area (Å²) >= 11 is 1.30. The van der Waals surface area contributed by atoms with Crippen molar-refractivity contribution in [3.8, 4) is 0 Å². The van der Waals surface area contributed by atoms with Crippen LogP contribution in [0.15, 0.2) is 53.7 Å². The van der Waals surface area contributed by atoms with Crippen molar-refractivity contribution in [3.05, 3.63) is 48.5 Å². The Morgan fingerprint density at radius 1 is 1.07 bits per heavy atom. The molecule has 0 aliphatic heterocycles. The molecule has 2 aromatic carbocycles. The summed E-state index contributed by atoms with van der Waals surface area (Å²) in [5.74, 6) is -0.372. The third kappa shape index (κ3) is 3.27. The van der Waals surface area contributed by atoms with Gasteiger partial charge in [0.1, 0.15) is 5.65 Å². The van der Waals surface area contributed by atoms with Gasteiger partial charge in [-0.2, -0.15) is 0 Å². The van der Waals surface area contributed by atoms with Crippen LogP contribution in [-0.4, -0.2) is 38.1 Å². The number of nitrogens with zero attached hydrogens (tertiary/aromatic N) is 3. The molecule has 2 aromatic heterocycles. The van der Waals surface area contributed by atoms with Gasteiger partial charge in [-0.1, -0.05) is 36.0 Å². The van der Waals surface area contributed by atoms with Gasteiger partial charge in [-0.05, 0) is 38.1 Å². The molecule has 1 atom stereocenters. The Labute approximate surface area is 165 Å². The van der Waals surface area contributed by atoms with E-state index in [1.165, 1.54) is 11.8 Å². The zero-order valence-corrected chi connectivity index (χ0v) is 16.3. The normalized spacial score (nSPS) is 12.4. The number of para-hydroxylation sites is 3. The van der Waals surface area contributed by atoms with Gasteiger partial charge in [0, 0.05) is 11.9 Å². The number of amides is 3. The highest BCUT2D eigenvalue weighted by Gasteiger charge is 2.21. The van der Waals surface area contributed by atoms with E-state index >= 15 is 0 Å². The number of hydrogen-bond acceptors (Lipinski definition) is 5. The Balaban J connectivity index is 1.79. The van der Waals surface area contributed by atoms with Crippen molar-refractivity contribution in [1.82, 2.24) is 25.0 Å². The first-order valence-electron chi connectivity index (χ1n) is 8.99. The molecule has 3 amide bonds. The molecule has 0 spiro atoms. The quantitative estimate of drug-likeness (QED) is 0.410. The first-order valence-corrected chi connectivity index (χ1v) is 9.87. The number of benzene rings is 2. The van der Waals surface area contributed by atoms with Crippen molar-refractivity contribution in [2.75, 3.05) is 6.54 Å². The molecule has 142 valence electrons. The monoisotopic (exact) mass is 393 g/mol. The molecular weight excluding hydrogens is 374 g/mol. The Morgan fingerprint density at radius 3 is 2.57 bits per heavy atom. The molecule has 4 aromatic rings. The lowest BCUT2D eigenvalue weighted by molar-refractivity contribution is -0.119. The van der Waals surface area contributed by atoms with Crippen molar-refractivity contribution in [3.63, 3.8) is 0 Å². The number of thioether (sulfide) groups is 1. The molecule has 0 saturated heterocycles. The number of urea groups is 1. The lowest BCUT2D eigenvalue weighted by atomic mass is 10.2. The largest absolute Gasteiger partial charge is 0.338 e. The van der Waals surface area contributed by atoms with E-state index < -0.39 is 11.3 Å². The minimum absolute atomic E-state index is 0.372. The molecule has 0 aliphatic carbocycles. The molecule has 0 aliphatic rings. The standard InChI is InChI=1S/C20H19N5O2S/c1-3-21-19(27)24-18(26)12(2)28-20-23-14-9-5-4-8-13(14)17-22-15-10-6-7-11-16(15)25(17)20/h4-12H,3H2,1-2H3,(H2,21,24,26,27)/t12-/m0/s1. The fraction of sp³-hybridized carbons (Fsp3) is 0.200. The number of imidazole rings is 1. The molecular formula is C20H19N5O2S. The molecule has 7 nitrogen and oxygen atoms in total.